The van der Waals surface area contributed by atoms with Crippen molar-refractivity contribution in [3.8, 4) is 0 Å². The maximum Gasteiger partial charge on any atom is 0.323 e. The first kappa shape index (κ1) is 19.5. The highest BCUT2D eigenvalue weighted by atomic mass is 35.5. The summed E-state index contributed by atoms with van der Waals surface area (Å²) in [6.07, 6.45) is 4.04. The van der Waals surface area contributed by atoms with Crippen LogP contribution in [0.5, 0.6) is 0 Å². The van der Waals surface area contributed by atoms with Gasteiger partial charge in [0.25, 0.3) is 0 Å². The number of rotatable bonds is 3. The van der Waals surface area contributed by atoms with Gasteiger partial charge in [-0.2, -0.15) is 5.10 Å². The monoisotopic (exact) mass is 410 g/mol. The van der Waals surface area contributed by atoms with E-state index >= 15 is 0 Å². The molecule has 3 N–H and O–H groups in total. The van der Waals surface area contributed by atoms with E-state index in [1.807, 2.05) is 31.2 Å². The number of carbonyl (C=O) groups excluding carboxylic acids is 2. The van der Waals surface area contributed by atoms with Crippen LogP contribution in [-0.2, 0) is 4.79 Å². The molecule has 29 heavy (non-hydrogen) atoms. The number of hydrogen-bond donors (Lipinski definition) is 3. The van der Waals surface area contributed by atoms with Gasteiger partial charge in [0, 0.05) is 33.8 Å². The average Bonchev–Trinajstić information content (AvgIpc) is 2.72. The summed E-state index contributed by atoms with van der Waals surface area (Å²) in [4.78, 5) is 24.6. The number of nitrogens with one attached hydrogen (secondary N) is 3. The number of urea groups is 1. The van der Waals surface area contributed by atoms with Crippen LogP contribution < -0.4 is 16.1 Å². The van der Waals surface area contributed by atoms with E-state index in [4.69, 9.17) is 11.6 Å². The summed E-state index contributed by atoms with van der Waals surface area (Å²) in [7, 11) is 0. The van der Waals surface area contributed by atoms with Gasteiger partial charge in [0.05, 0.1) is 5.71 Å². The van der Waals surface area contributed by atoms with Crippen LogP contribution in [0, 0.1) is 18.8 Å². The SMILES string of the molecule is Cc1c(Cl)cccc1NC(=O)Nc1cccc(C2=NNC(=O)[C@@H]3CCCC[C@H]23)c1. The Hall–Kier alpha value is -2.86. The van der Waals surface area contributed by atoms with Crippen LogP contribution in [0.15, 0.2) is 47.6 Å². The molecule has 1 aliphatic carbocycles. The molecule has 1 saturated carbocycles. The molecule has 0 saturated heterocycles. The predicted octanol–water partition coefficient (Wildman–Crippen LogP) is 4.93. The zero-order valence-electron chi connectivity index (χ0n) is 16.2. The van der Waals surface area contributed by atoms with Crippen molar-refractivity contribution in [3.63, 3.8) is 0 Å². The Morgan fingerprint density at radius 3 is 2.69 bits per heavy atom. The number of hydrogen-bond acceptors (Lipinski definition) is 3. The van der Waals surface area contributed by atoms with Gasteiger partial charge in [-0.05, 0) is 49.6 Å². The quantitative estimate of drug-likeness (QED) is 0.670. The average molecular weight is 411 g/mol. The number of halogens is 1. The Labute approximate surface area is 174 Å². The van der Waals surface area contributed by atoms with Gasteiger partial charge in [0.1, 0.15) is 0 Å². The molecule has 2 atom stereocenters. The number of nitrogens with zero attached hydrogens (tertiary/aromatic N) is 1. The third kappa shape index (κ3) is 4.12. The van der Waals surface area contributed by atoms with Gasteiger partial charge in [0.2, 0.25) is 5.91 Å². The molecule has 150 valence electrons. The molecule has 0 spiro atoms. The minimum absolute atomic E-state index is 0.0121. The first-order chi connectivity index (χ1) is 14.0. The topological polar surface area (TPSA) is 82.6 Å². The number of benzene rings is 2. The number of fused-ring (bicyclic) bond motifs is 1. The number of hydrazone groups is 1. The van der Waals surface area contributed by atoms with Crippen LogP contribution >= 0.6 is 11.6 Å². The highest BCUT2D eigenvalue weighted by Crippen LogP contribution is 2.35. The molecule has 2 aliphatic rings. The molecular weight excluding hydrogens is 388 g/mol. The Kier molecular flexibility index (Phi) is 5.53. The maximum atomic E-state index is 12.5. The Bertz CT molecular complexity index is 989. The zero-order chi connectivity index (χ0) is 20.4. The third-order valence-corrected chi connectivity index (χ3v) is 6.08. The fourth-order valence-electron chi connectivity index (χ4n) is 4.12. The van der Waals surface area contributed by atoms with Crippen molar-refractivity contribution < 1.29 is 9.59 Å². The fourth-order valence-corrected chi connectivity index (χ4v) is 4.29. The van der Waals surface area contributed by atoms with Gasteiger partial charge < -0.3 is 10.6 Å². The summed E-state index contributed by atoms with van der Waals surface area (Å²) in [6, 6.07) is 12.6. The normalized spacial score (nSPS) is 20.9. The van der Waals surface area contributed by atoms with E-state index in [0.717, 1.165) is 42.5 Å². The van der Waals surface area contributed by atoms with Crippen LogP contribution in [0.2, 0.25) is 5.02 Å². The Morgan fingerprint density at radius 1 is 1.10 bits per heavy atom. The minimum Gasteiger partial charge on any atom is -0.308 e. The van der Waals surface area contributed by atoms with E-state index < -0.39 is 0 Å². The molecule has 1 heterocycles. The molecule has 7 heteroatoms. The molecule has 4 rings (SSSR count). The molecule has 3 amide bonds. The van der Waals surface area contributed by atoms with E-state index in [2.05, 4.69) is 21.2 Å². The van der Waals surface area contributed by atoms with Crippen molar-refractivity contribution in [1.82, 2.24) is 5.43 Å². The van der Waals surface area contributed by atoms with E-state index in [1.165, 1.54) is 0 Å². The summed E-state index contributed by atoms with van der Waals surface area (Å²) >= 11 is 6.12. The smallest absolute Gasteiger partial charge is 0.308 e. The first-order valence-electron chi connectivity index (χ1n) is 9.84. The van der Waals surface area contributed by atoms with Crippen LogP contribution in [0.25, 0.3) is 0 Å². The molecule has 2 aromatic rings. The highest BCUT2D eigenvalue weighted by Gasteiger charge is 2.37. The van der Waals surface area contributed by atoms with E-state index in [-0.39, 0.29) is 23.8 Å². The van der Waals surface area contributed by atoms with Gasteiger partial charge in [0.15, 0.2) is 0 Å². The second-order valence-corrected chi connectivity index (χ2v) is 7.95. The highest BCUT2D eigenvalue weighted by molar-refractivity contribution is 6.31. The van der Waals surface area contributed by atoms with E-state index in [0.29, 0.717) is 16.4 Å². The first-order valence-corrected chi connectivity index (χ1v) is 10.2. The van der Waals surface area contributed by atoms with Crippen LogP contribution in [0.3, 0.4) is 0 Å². The lowest BCUT2D eigenvalue weighted by Crippen LogP contribution is -2.43. The van der Waals surface area contributed by atoms with Crippen LogP contribution in [-0.4, -0.2) is 17.6 Å². The predicted molar refractivity (Wildman–Crippen MR) is 115 cm³/mol. The third-order valence-electron chi connectivity index (χ3n) is 5.67. The summed E-state index contributed by atoms with van der Waals surface area (Å²) in [6.45, 7) is 1.86. The van der Waals surface area contributed by atoms with Crippen molar-refractivity contribution in [2.75, 3.05) is 10.6 Å². The number of carbonyl (C=O) groups is 2. The fraction of sp³-hybridized carbons (Fsp3) is 0.318. The van der Waals surface area contributed by atoms with Crippen LogP contribution in [0.4, 0.5) is 16.2 Å². The number of anilines is 2. The van der Waals surface area contributed by atoms with Crippen molar-refractivity contribution >= 4 is 40.6 Å². The van der Waals surface area contributed by atoms with Gasteiger partial charge in [-0.15, -0.1) is 0 Å². The van der Waals surface area contributed by atoms with Gasteiger partial charge in [-0.25, -0.2) is 10.2 Å². The summed E-state index contributed by atoms with van der Waals surface area (Å²) < 4.78 is 0. The molecule has 2 aromatic carbocycles. The van der Waals surface area contributed by atoms with Gasteiger partial charge >= 0.3 is 6.03 Å². The van der Waals surface area contributed by atoms with Crippen molar-refractivity contribution in [2.45, 2.75) is 32.6 Å². The van der Waals surface area contributed by atoms with Crippen LogP contribution in [0.1, 0.15) is 36.8 Å². The zero-order valence-corrected chi connectivity index (χ0v) is 16.9. The lowest BCUT2D eigenvalue weighted by Gasteiger charge is -2.34. The lowest BCUT2D eigenvalue weighted by atomic mass is 9.74. The summed E-state index contributed by atoms with van der Waals surface area (Å²) in [5.74, 6) is 0.140. The van der Waals surface area contributed by atoms with Gasteiger partial charge in [-0.3, -0.25) is 4.79 Å². The van der Waals surface area contributed by atoms with E-state index in [1.54, 1.807) is 18.2 Å². The second kappa shape index (κ2) is 8.25. The Balaban J connectivity index is 1.51. The maximum absolute atomic E-state index is 12.5. The number of amides is 3. The molecular formula is C22H23ClN4O2. The molecule has 0 radical (unpaired) electrons. The lowest BCUT2D eigenvalue weighted by molar-refractivity contribution is -0.127. The molecule has 6 nitrogen and oxygen atoms in total. The molecule has 1 aliphatic heterocycles. The molecule has 0 aromatic heterocycles. The molecule has 0 unspecified atom stereocenters. The second-order valence-electron chi connectivity index (χ2n) is 7.54. The largest absolute Gasteiger partial charge is 0.323 e. The Morgan fingerprint density at radius 2 is 1.86 bits per heavy atom. The van der Waals surface area contributed by atoms with Gasteiger partial charge in [-0.1, -0.05) is 42.6 Å². The summed E-state index contributed by atoms with van der Waals surface area (Å²) in [5, 5.41) is 10.6. The standard InChI is InChI=1S/C22H23ClN4O2/c1-13-18(23)10-5-11-19(13)25-22(29)24-15-7-4-6-14(12-15)20-16-8-2-3-9-17(16)21(28)27-26-20/h4-7,10-12,16-17H,2-3,8-9H2,1H3,(H,27,28)(H2,24,25,29)/t16-,17+/m0/s1. The minimum atomic E-state index is -0.345. The van der Waals surface area contributed by atoms with Crippen molar-refractivity contribution in [1.29, 1.82) is 0 Å². The molecule has 1 fully saturated rings. The molecule has 0 bridgehead atoms. The van der Waals surface area contributed by atoms with Crippen molar-refractivity contribution in [3.05, 3.63) is 58.6 Å². The van der Waals surface area contributed by atoms with Crippen molar-refractivity contribution in [2.24, 2.45) is 16.9 Å². The van der Waals surface area contributed by atoms with E-state index in [9.17, 15) is 9.59 Å². The summed E-state index contributed by atoms with van der Waals surface area (Å²) in [5.41, 5.74) is 6.61.